The molecule has 4 rings (SSSR count). The van der Waals surface area contributed by atoms with Gasteiger partial charge < -0.3 is 19.9 Å². The Morgan fingerprint density at radius 3 is 2.28 bits per heavy atom. The zero-order chi connectivity index (χ0) is 22.3. The van der Waals surface area contributed by atoms with Gasteiger partial charge in [0.1, 0.15) is 11.5 Å². The normalized spacial score (nSPS) is 19.5. The number of urea groups is 1. The minimum atomic E-state index is -0.114. The van der Waals surface area contributed by atoms with Crippen molar-refractivity contribution < 1.29 is 14.3 Å². The summed E-state index contributed by atoms with van der Waals surface area (Å²) in [4.78, 5) is 31.3. The Morgan fingerprint density at radius 1 is 0.906 bits per heavy atom. The van der Waals surface area contributed by atoms with Crippen LogP contribution in [0.3, 0.4) is 0 Å². The summed E-state index contributed by atoms with van der Waals surface area (Å²) in [5, 5.41) is 2.95. The number of piperidine rings is 1. The second kappa shape index (κ2) is 10.5. The molecule has 3 amide bonds. The fourth-order valence-electron chi connectivity index (χ4n) is 4.29. The van der Waals surface area contributed by atoms with Crippen molar-refractivity contribution in [3.8, 4) is 11.5 Å². The van der Waals surface area contributed by atoms with Gasteiger partial charge in [-0.05, 0) is 62.6 Å². The highest BCUT2D eigenvalue weighted by Gasteiger charge is 2.27. The van der Waals surface area contributed by atoms with E-state index >= 15 is 0 Å². The van der Waals surface area contributed by atoms with Gasteiger partial charge in [0.15, 0.2) is 0 Å². The van der Waals surface area contributed by atoms with E-state index in [9.17, 15) is 9.59 Å². The summed E-state index contributed by atoms with van der Waals surface area (Å²) in [5.41, 5.74) is 0.729. The molecule has 7 nitrogen and oxygen atoms in total. The van der Waals surface area contributed by atoms with E-state index in [0.29, 0.717) is 38.8 Å². The molecule has 0 radical (unpaired) electrons. The predicted octanol–water partition coefficient (Wildman–Crippen LogP) is 4.03. The van der Waals surface area contributed by atoms with E-state index in [0.717, 1.165) is 36.6 Å². The number of amides is 3. The molecule has 1 N–H and O–H groups in total. The lowest BCUT2D eigenvalue weighted by molar-refractivity contribution is -0.136. The molecule has 7 heteroatoms. The molecule has 2 heterocycles. The third-order valence-corrected chi connectivity index (χ3v) is 6.23. The number of anilines is 1. The lowest BCUT2D eigenvalue weighted by atomic mass is 10.0. The van der Waals surface area contributed by atoms with Gasteiger partial charge in [0.25, 0.3) is 0 Å². The first kappa shape index (κ1) is 22.1. The topological polar surface area (TPSA) is 65.1 Å². The molecule has 32 heavy (non-hydrogen) atoms. The first-order valence-corrected chi connectivity index (χ1v) is 11.5. The molecule has 0 bridgehead atoms. The van der Waals surface area contributed by atoms with E-state index in [1.54, 1.807) is 4.90 Å². The zero-order valence-electron chi connectivity index (χ0n) is 18.7. The lowest BCUT2D eigenvalue weighted by Crippen LogP contribution is -2.53. The predicted molar refractivity (Wildman–Crippen MR) is 125 cm³/mol. The third kappa shape index (κ3) is 5.79. The molecule has 2 aromatic rings. The van der Waals surface area contributed by atoms with Crippen LogP contribution in [0.25, 0.3) is 0 Å². The number of nitrogens with one attached hydrogen (secondary N) is 1. The lowest BCUT2D eigenvalue weighted by Gasteiger charge is -2.38. The van der Waals surface area contributed by atoms with Crippen molar-refractivity contribution in [1.29, 1.82) is 0 Å². The summed E-state index contributed by atoms with van der Waals surface area (Å²) in [5.74, 6) is 1.71. The highest BCUT2D eigenvalue weighted by atomic mass is 16.5. The highest BCUT2D eigenvalue weighted by Crippen LogP contribution is 2.23. The second-order valence-corrected chi connectivity index (χ2v) is 8.56. The van der Waals surface area contributed by atoms with E-state index in [4.69, 9.17) is 4.74 Å². The van der Waals surface area contributed by atoms with Crippen molar-refractivity contribution in [2.45, 2.75) is 32.2 Å². The maximum atomic E-state index is 12.7. The molecule has 170 valence electrons. The number of nitrogens with zero attached hydrogens (tertiary/aromatic N) is 3. The fourth-order valence-corrected chi connectivity index (χ4v) is 4.29. The Balaban J connectivity index is 1.22. The van der Waals surface area contributed by atoms with Gasteiger partial charge >= 0.3 is 6.03 Å². The Morgan fingerprint density at radius 2 is 1.59 bits per heavy atom. The Hall–Kier alpha value is -3.06. The van der Waals surface area contributed by atoms with Crippen LogP contribution in [0.1, 0.15) is 26.2 Å². The molecular weight excluding hydrogens is 404 g/mol. The first-order valence-electron chi connectivity index (χ1n) is 11.5. The van der Waals surface area contributed by atoms with Crippen LogP contribution in [0.5, 0.6) is 11.5 Å². The molecule has 1 atom stereocenters. The number of carbonyl (C=O) groups is 2. The SMILES string of the molecule is CC1CCCCN1C(=O)CN1CCN(C(=O)Nc2ccc(Oc3ccccc3)cc2)CC1. The number of piperazine rings is 1. The van der Waals surface area contributed by atoms with Gasteiger partial charge in [-0.3, -0.25) is 9.69 Å². The summed E-state index contributed by atoms with van der Waals surface area (Å²) >= 11 is 0. The van der Waals surface area contributed by atoms with Gasteiger partial charge in [-0.15, -0.1) is 0 Å². The molecule has 2 aliphatic rings. The summed E-state index contributed by atoms with van der Waals surface area (Å²) in [6, 6.07) is 17.2. The summed E-state index contributed by atoms with van der Waals surface area (Å²) in [6.07, 6.45) is 3.41. The van der Waals surface area contributed by atoms with Gasteiger partial charge in [-0.25, -0.2) is 4.79 Å². The van der Waals surface area contributed by atoms with Crippen molar-refractivity contribution >= 4 is 17.6 Å². The summed E-state index contributed by atoms with van der Waals surface area (Å²) in [7, 11) is 0. The van der Waals surface area contributed by atoms with Crippen molar-refractivity contribution in [3.05, 3.63) is 54.6 Å². The maximum Gasteiger partial charge on any atom is 0.321 e. The molecule has 2 saturated heterocycles. The molecule has 0 aliphatic carbocycles. The number of benzene rings is 2. The molecule has 2 fully saturated rings. The van der Waals surface area contributed by atoms with E-state index in [1.165, 1.54) is 6.42 Å². The Bertz CT molecular complexity index is 895. The second-order valence-electron chi connectivity index (χ2n) is 8.56. The fraction of sp³-hybridized carbons (Fsp3) is 0.440. The number of para-hydroxylation sites is 1. The zero-order valence-corrected chi connectivity index (χ0v) is 18.7. The minimum Gasteiger partial charge on any atom is -0.457 e. The van der Waals surface area contributed by atoms with Gasteiger partial charge in [-0.1, -0.05) is 18.2 Å². The number of hydrogen-bond acceptors (Lipinski definition) is 4. The molecule has 2 aliphatic heterocycles. The van der Waals surface area contributed by atoms with Crippen molar-refractivity contribution in [1.82, 2.24) is 14.7 Å². The van der Waals surface area contributed by atoms with E-state index in [2.05, 4.69) is 17.1 Å². The highest BCUT2D eigenvalue weighted by molar-refractivity contribution is 5.89. The maximum absolute atomic E-state index is 12.7. The number of rotatable bonds is 5. The van der Waals surface area contributed by atoms with Gasteiger partial charge in [0.2, 0.25) is 5.91 Å². The average Bonchev–Trinajstić information content (AvgIpc) is 2.82. The molecule has 0 aromatic heterocycles. The van der Waals surface area contributed by atoms with Crippen LogP contribution < -0.4 is 10.1 Å². The summed E-state index contributed by atoms with van der Waals surface area (Å²) < 4.78 is 5.79. The van der Waals surface area contributed by atoms with Gasteiger partial charge in [-0.2, -0.15) is 0 Å². The third-order valence-electron chi connectivity index (χ3n) is 6.23. The smallest absolute Gasteiger partial charge is 0.321 e. The van der Waals surface area contributed by atoms with E-state index < -0.39 is 0 Å². The Labute approximate surface area is 189 Å². The molecule has 1 unspecified atom stereocenters. The minimum absolute atomic E-state index is 0.114. The number of likely N-dealkylation sites (tertiary alicyclic amines) is 1. The number of ether oxygens (including phenoxy) is 1. The van der Waals surface area contributed by atoms with E-state index in [-0.39, 0.29) is 11.9 Å². The molecule has 0 spiro atoms. The van der Waals surface area contributed by atoms with Crippen LogP contribution in [0.2, 0.25) is 0 Å². The first-order chi connectivity index (χ1) is 15.6. The van der Waals surface area contributed by atoms with Crippen LogP contribution in [0.4, 0.5) is 10.5 Å². The molecule has 0 saturated carbocycles. The van der Waals surface area contributed by atoms with Crippen LogP contribution >= 0.6 is 0 Å². The monoisotopic (exact) mass is 436 g/mol. The standard InChI is InChI=1S/C25H32N4O3/c1-20-7-5-6-14-29(20)24(30)19-27-15-17-28(18-16-27)25(31)26-21-10-12-23(13-11-21)32-22-8-3-2-4-9-22/h2-4,8-13,20H,5-7,14-19H2,1H3,(H,26,31). The van der Waals surface area contributed by atoms with E-state index in [1.807, 2.05) is 59.5 Å². The van der Waals surface area contributed by atoms with Crippen molar-refractivity contribution in [3.63, 3.8) is 0 Å². The quantitative estimate of drug-likeness (QED) is 0.769. The van der Waals surface area contributed by atoms with Gasteiger partial charge in [0, 0.05) is 44.5 Å². The largest absolute Gasteiger partial charge is 0.457 e. The van der Waals surface area contributed by atoms with Crippen LogP contribution in [0.15, 0.2) is 54.6 Å². The van der Waals surface area contributed by atoms with Crippen molar-refractivity contribution in [2.75, 3.05) is 44.6 Å². The van der Waals surface area contributed by atoms with Crippen LogP contribution in [-0.4, -0.2) is 71.9 Å². The number of carbonyl (C=O) groups excluding carboxylic acids is 2. The molecular formula is C25H32N4O3. The van der Waals surface area contributed by atoms with Crippen LogP contribution in [0, 0.1) is 0 Å². The summed E-state index contributed by atoms with van der Waals surface area (Å²) in [6.45, 7) is 6.12. The van der Waals surface area contributed by atoms with Crippen molar-refractivity contribution in [2.24, 2.45) is 0 Å². The Kier molecular flexibility index (Phi) is 7.27. The average molecular weight is 437 g/mol. The van der Waals surface area contributed by atoms with Crippen LogP contribution in [-0.2, 0) is 4.79 Å². The van der Waals surface area contributed by atoms with Gasteiger partial charge in [0.05, 0.1) is 6.54 Å². The molecule has 2 aromatic carbocycles. The number of hydrogen-bond donors (Lipinski definition) is 1.